The Balaban J connectivity index is 2.81. The normalized spacial score (nSPS) is 9.71. The molecule has 0 aliphatic carbocycles. The molecule has 0 spiro atoms. The van der Waals surface area contributed by atoms with Crippen molar-refractivity contribution in [3.8, 4) is 6.07 Å². The molecule has 4 heteroatoms. The molecule has 4 nitrogen and oxygen atoms in total. The van der Waals surface area contributed by atoms with Crippen molar-refractivity contribution in [3.63, 3.8) is 0 Å². The molecule has 0 N–H and O–H groups in total. The van der Waals surface area contributed by atoms with Gasteiger partial charge in [0.25, 0.3) is 5.91 Å². The van der Waals surface area contributed by atoms with Crippen molar-refractivity contribution in [3.05, 3.63) is 29.6 Å². The van der Waals surface area contributed by atoms with Gasteiger partial charge in [-0.25, -0.2) is 4.98 Å². The van der Waals surface area contributed by atoms with Crippen LogP contribution in [0.5, 0.6) is 0 Å². The summed E-state index contributed by atoms with van der Waals surface area (Å²) in [5, 5.41) is 8.66. The molecule has 90 valence electrons. The first-order valence-corrected chi connectivity index (χ1v) is 5.88. The first kappa shape index (κ1) is 13.2. The van der Waals surface area contributed by atoms with E-state index in [0.29, 0.717) is 11.3 Å². The summed E-state index contributed by atoms with van der Waals surface area (Å²) in [6, 6.07) is 5.22. The summed E-state index contributed by atoms with van der Waals surface area (Å²) in [4.78, 5) is 17.9. The maximum atomic E-state index is 12.1. The second-order valence-electron chi connectivity index (χ2n) is 3.84. The van der Waals surface area contributed by atoms with Gasteiger partial charge in [-0.05, 0) is 25.0 Å². The number of hydrogen-bond acceptors (Lipinski definition) is 3. The van der Waals surface area contributed by atoms with Gasteiger partial charge in [0.2, 0.25) is 0 Å². The molecule has 0 aromatic carbocycles. The third kappa shape index (κ3) is 3.56. The van der Waals surface area contributed by atoms with E-state index in [-0.39, 0.29) is 5.91 Å². The molecule has 0 aliphatic rings. The molecule has 1 aromatic heterocycles. The van der Waals surface area contributed by atoms with Crippen LogP contribution in [0.3, 0.4) is 0 Å². The number of nitrogens with zero attached hydrogens (tertiary/aromatic N) is 3. The van der Waals surface area contributed by atoms with E-state index in [9.17, 15) is 4.79 Å². The summed E-state index contributed by atoms with van der Waals surface area (Å²) in [6.07, 6.45) is 3.30. The molecule has 1 heterocycles. The SMILES string of the molecule is CCCN(CCC)C(=O)c1ccc(C#N)cn1. The van der Waals surface area contributed by atoms with Gasteiger partial charge in [0.15, 0.2) is 0 Å². The number of hydrogen-bond donors (Lipinski definition) is 0. The first-order valence-electron chi connectivity index (χ1n) is 5.88. The van der Waals surface area contributed by atoms with Crippen molar-refractivity contribution in [1.82, 2.24) is 9.88 Å². The fourth-order valence-electron chi connectivity index (χ4n) is 1.60. The smallest absolute Gasteiger partial charge is 0.272 e. The topological polar surface area (TPSA) is 57.0 Å². The minimum absolute atomic E-state index is 0.0572. The van der Waals surface area contributed by atoms with Gasteiger partial charge in [-0.15, -0.1) is 0 Å². The van der Waals surface area contributed by atoms with Crippen molar-refractivity contribution < 1.29 is 4.79 Å². The Hall–Kier alpha value is -1.89. The van der Waals surface area contributed by atoms with Gasteiger partial charge in [-0.3, -0.25) is 4.79 Å². The molecule has 1 amide bonds. The average Bonchev–Trinajstić information content (AvgIpc) is 2.38. The fourth-order valence-corrected chi connectivity index (χ4v) is 1.60. The Bertz CT molecular complexity index is 400. The molecule has 17 heavy (non-hydrogen) atoms. The van der Waals surface area contributed by atoms with Crippen molar-refractivity contribution in [1.29, 1.82) is 5.26 Å². The zero-order valence-corrected chi connectivity index (χ0v) is 10.3. The summed E-state index contributed by atoms with van der Waals surface area (Å²) < 4.78 is 0. The summed E-state index contributed by atoms with van der Waals surface area (Å²) in [5.74, 6) is -0.0572. The van der Waals surface area contributed by atoms with Crippen LogP contribution >= 0.6 is 0 Å². The van der Waals surface area contributed by atoms with Gasteiger partial charge in [-0.2, -0.15) is 5.26 Å². The third-order valence-corrected chi connectivity index (χ3v) is 2.39. The largest absolute Gasteiger partial charge is 0.337 e. The molecule has 0 bridgehead atoms. The number of amides is 1. The maximum Gasteiger partial charge on any atom is 0.272 e. The number of carbonyl (C=O) groups is 1. The summed E-state index contributed by atoms with van der Waals surface area (Å²) >= 11 is 0. The number of aromatic nitrogens is 1. The molecule has 1 aromatic rings. The predicted octanol–water partition coefficient (Wildman–Crippen LogP) is 2.22. The average molecular weight is 231 g/mol. The van der Waals surface area contributed by atoms with Crippen LogP contribution in [0.1, 0.15) is 42.7 Å². The standard InChI is InChI=1S/C13H17N3O/c1-3-7-16(8-4-2)13(17)12-6-5-11(9-14)10-15-12/h5-6,10H,3-4,7-8H2,1-2H3. The molecule has 0 saturated carbocycles. The van der Waals surface area contributed by atoms with Gasteiger partial charge < -0.3 is 4.90 Å². The number of pyridine rings is 1. The second-order valence-corrected chi connectivity index (χ2v) is 3.84. The Morgan fingerprint density at radius 2 is 2.00 bits per heavy atom. The highest BCUT2D eigenvalue weighted by atomic mass is 16.2. The van der Waals surface area contributed by atoms with E-state index in [2.05, 4.69) is 4.98 Å². The van der Waals surface area contributed by atoms with Gasteiger partial charge in [0, 0.05) is 19.3 Å². The highest BCUT2D eigenvalue weighted by Crippen LogP contribution is 2.05. The van der Waals surface area contributed by atoms with Crippen molar-refractivity contribution in [2.45, 2.75) is 26.7 Å². The lowest BCUT2D eigenvalue weighted by Crippen LogP contribution is -2.33. The first-order chi connectivity index (χ1) is 8.22. The van der Waals surface area contributed by atoms with Gasteiger partial charge >= 0.3 is 0 Å². The molecule has 0 unspecified atom stereocenters. The third-order valence-electron chi connectivity index (χ3n) is 2.39. The minimum atomic E-state index is -0.0572. The number of rotatable bonds is 5. The Kier molecular flexibility index (Phi) is 5.15. The van der Waals surface area contributed by atoms with Crippen LogP contribution in [0.25, 0.3) is 0 Å². The quantitative estimate of drug-likeness (QED) is 0.780. The summed E-state index contributed by atoms with van der Waals surface area (Å²) in [7, 11) is 0. The second kappa shape index (κ2) is 6.64. The zero-order chi connectivity index (χ0) is 12.7. The number of nitriles is 1. The van der Waals surface area contributed by atoms with Gasteiger partial charge in [0.1, 0.15) is 11.8 Å². The van der Waals surface area contributed by atoms with E-state index in [1.807, 2.05) is 19.9 Å². The Morgan fingerprint density at radius 1 is 1.35 bits per heavy atom. The van der Waals surface area contributed by atoms with Gasteiger partial charge in [0.05, 0.1) is 5.56 Å². The monoisotopic (exact) mass is 231 g/mol. The number of carbonyl (C=O) groups excluding carboxylic acids is 1. The highest BCUT2D eigenvalue weighted by Gasteiger charge is 2.15. The molecule has 0 radical (unpaired) electrons. The lowest BCUT2D eigenvalue weighted by atomic mass is 10.2. The van der Waals surface area contributed by atoms with E-state index in [0.717, 1.165) is 25.9 Å². The van der Waals surface area contributed by atoms with Crippen LogP contribution in [0.15, 0.2) is 18.3 Å². The molecule has 0 aliphatic heterocycles. The van der Waals surface area contributed by atoms with Crippen molar-refractivity contribution in [2.24, 2.45) is 0 Å². The van der Waals surface area contributed by atoms with E-state index in [1.165, 1.54) is 6.20 Å². The van der Waals surface area contributed by atoms with Crippen LogP contribution in [0, 0.1) is 11.3 Å². The van der Waals surface area contributed by atoms with Crippen molar-refractivity contribution >= 4 is 5.91 Å². The van der Waals surface area contributed by atoms with Crippen LogP contribution in [0.4, 0.5) is 0 Å². The van der Waals surface area contributed by atoms with Crippen molar-refractivity contribution in [2.75, 3.05) is 13.1 Å². The molecule has 1 rings (SSSR count). The maximum absolute atomic E-state index is 12.1. The Labute approximate surface area is 102 Å². The summed E-state index contributed by atoms with van der Waals surface area (Å²) in [5.41, 5.74) is 0.880. The Morgan fingerprint density at radius 3 is 2.41 bits per heavy atom. The van der Waals surface area contributed by atoms with Crippen LogP contribution in [-0.4, -0.2) is 28.9 Å². The minimum Gasteiger partial charge on any atom is -0.337 e. The van der Waals surface area contributed by atoms with Crippen LogP contribution in [0.2, 0.25) is 0 Å². The highest BCUT2D eigenvalue weighted by molar-refractivity contribution is 5.92. The van der Waals surface area contributed by atoms with Crippen LogP contribution < -0.4 is 0 Å². The van der Waals surface area contributed by atoms with Gasteiger partial charge in [-0.1, -0.05) is 13.8 Å². The van der Waals surface area contributed by atoms with Crippen LogP contribution in [-0.2, 0) is 0 Å². The molecular formula is C13H17N3O. The molecule has 0 fully saturated rings. The summed E-state index contributed by atoms with van der Waals surface area (Å²) in [6.45, 7) is 5.58. The molecule has 0 atom stereocenters. The molecule has 0 saturated heterocycles. The molecular weight excluding hydrogens is 214 g/mol. The fraction of sp³-hybridized carbons (Fsp3) is 0.462. The van der Waals surface area contributed by atoms with E-state index in [1.54, 1.807) is 17.0 Å². The van der Waals surface area contributed by atoms with E-state index >= 15 is 0 Å². The van der Waals surface area contributed by atoms with E-state index in [4.69, 9.17) is 5.26 Å². The lowest BCUT2D eigenvalue weighted by molar-refractivity contribution is 0.0749. The predicted molar refractivity (Wildman–Crippen MR) is 65.4 cm³/mol. The zero-order valence-electron chi connectivity index (χ0n) is 10.3. The lowest BCUT2D eigenvalue weighted by Gasteiger charge is -2.20. The van der Waals surface area contributed by atoms with E-state index < -0.39 is 0 Å².